The van der Waals surface area contributed by atoms with E-state index in [9.17, 15) is 0 Å². The Labute approximate surface area is 100 Å². The summed E-state index contributed by atoms with van der Waals surface area (Å²) in [6.07, 6.45) is 0. The molecule has 0 heterocycles. The molecule has 1 aromatic rings. The maximum Gasteiger partial charge on any atom is 4.00 e. The van der Waals surface area contributed by atoms with Crippen molar-refractivity contribution in [1.82, 2.24) is 0 Å². The molecule has 0 saturated carbocycles. The van der Waals surface area contributed by atoms with Crippen LogP contribution in [0.4, 0.5) is 0 Å². The summed E-state index contributed by atoms with van der Waals surface area (Å²) in [5, 5.41) is 3.50. The molecule has 0 atom stereocenters. The number of nitrogens with zero attached hydrogens (tertiary/aromatic N) is 1. The molecule has 1 nitrogen and oxygen atoms in total. The molecule has 0 radical (unpaired) electrons. The van der Waals surface area contributed by atoms with Crippen LogP contribution < -0.4 is 24.8 Å². The molecule has 0 aliphatic rings. The fourth-order valence-corrected chi connectivity index (χ4v) is 0.321. The van der Waals surface area contributed by atoms with Gasteiger partial charge in [-0.25, -0.2) is 12.1 Å². The fraction of sp³-hybridized carbons (Fsp3) is 0.286. The maximum absolute atomic E-state index is 3.50. The first-order valence-corrected chi connectivity index (χ1v) is 2.56. The Morgan fingerprint density at radius 3 is 1.36 bits per heavy atom. The summed E-state index contributed by atoms with van der Waals surface area (Å²) in [6.45, 7) is 0. The first-order valence-electron chi connectivity index (χ1n) is 2.56. The fourth-order valence-electron chi connectivity index (χ4n) is 0.321. The third-order valence-electron chi connectivity index (χ3n) is 0.556. The van der Waals surface area contributed by atoms with Gasteiger partial charge in [-0.15, -0.1) is 0 Å². The van der Waals surface area contributed by atoms with Crippen LogP contribution in [0.25, 0.3) is 5.32 Å². The van der Waals surface area contributed by atoms with Crippen LogP contribution in [-0.2, 0) is 26.2 Å². The van der Waals surface area contributed by atoms with Gasteiger partial charge in [-0.1, -0.05) is 0 Å². The van der Waals surface area contributed by atoms with Gasteiger partial charge in [0.2, 0.25) is 0 Å². The van der Waals surface area contributed by atoms with E-state index in [1.54, 1.807) is 14.1 Å². The van der Waals surface area contributed by atoms with Crippen LogP contribution in [0.15, 0.2) is 30.3 Å². The second-order valence-electron chi connectivity index (χ2n) is 1.41. The zero-order valence-corrected chi connectivity index (χ0v) is 10.6. The molecule has 62 valence electrons. The normalized spacial score (nSPS) is 5.27. The largest absolute Gasteiger partial charge is 4.00 e. The van der Waals surface area contributed by atoms with Crippen LogP contribution in [0, 0.1) is 0 Å². The molecule has 0 amide bonds. The van der Waals surface area contributed by atoms with Gasteiger partial charge in [0.1, 0.15) is 0 Å². The van der Waals surface area contributed by atoms with Crippen molar-refractivity contribution < 1.29 is 51.0 Å². The summed E-state index contributed by atoms with van der Waals surface area (Å²) >= 11 is 0. The molecular formula is C7H11Cl2NZr. The van der Waals surface area contributed by atoms with Crippen molar-refractivity contribution >= 4 is 0 Å². The zero-order valence-electron chi connectivity index (χ0n) is 6.59. The molecule has 4 heteroatoms. The molecule has 0 aliphatic carbocycles. The first kappa shape index (κ1) is 22.6. The third-order valence-corrected chi connectivity index (χ3v) is 0.556. The monoisotopic (exact) mass is 269 g/mol. The third kappa shape index (κ3) is 24.9. The van der Waals surface area contributed by atoms with Gasteiger partial charge in [0.15, 0.2) is 0 Å². The molecular weight excluding hydrogens is 260 g/mol. The van der Waals surface area contributed by atoms with Crippen LogP contribution in [0.2, 0.25) is 0 Å². The van der Waals surface area contributed by atoms with E-state index in [0.29, 0.717) is 0 Å². The summed E-state index contributed by atoms with van der Waals surface area (Å²) in [5.41, 5.74) is 0. The van der Waals surface area contributed by atoms with Gasteiger partial charge in [0.05, 0.1) is 0 Å². The molecule has 0 unspecified atom stereocenters. The predicted octanol–water partition coefficient (Wildman–Crippen LogP) is -3.97. The first-order chi connectivity index (χ1) is 3.91. The Hall–Kier alpha value is 0.773. The van der Waals surface area contributed by atoms with E-state index >= 15 is 0 Å². The van der Waals surface area contributed by atoms with Gasteiger partial charge in [-0.3, -0.25) is 0 Å². The van der Waals surface area contributed by atoms with Gasteiger partial charge in [-0.2, -0.15) is 32.3 Å². The maximum atomic E-state index is 3.50. The quantitative estimate of drug-likeness (QED) is 0.428. The number of rotatable bonds is 0. The molecule has 1 rings (SSSR count). The summed E-state index contributed by atoms with van der Waals surface area (Å²) < 4.78 is 0. The van der Waals surface area contributed by atoms with Crippen LogP contribution in [0.3, 0.4) is 0 Å². The van der Waals surface area contributed by atoms with E-state index < -0.39 is 0 Å². The van der Waals surface area contributed by atoms with Crippen molar-refractivity contribution in [3.05, 3.63) is 35.6 Å². The average Bonchev–Trinajstić information content (AvgIpc) is 2.17. The number of hydrogen-bond donors (Lipinski definition) is 0. The average molecular weight is 271 g/mol. The van der Waals surface area contributed by atoms with Gasteiger partial charge >= 0.3 is 26.2 Å². The standard InChI is InChI=1S/C5H5.C2H6N.2ClH.Zr/c1-2-4-5-3-1;1-3-2;;;/h1-5H;1-2H3;2*1H;/q2*-1;;;+4/p-2. The second kappa shape index (κ2) is 22.4. The van der Waals surface area contributed by atoms with E-state index in [1.165, 1.54) is 0 Å². The van der Waals surface area contributed by atoms with Crippen LogP contribution in [-0.4, -0.2) is 14.1 Å². The van der Waals surface area contributed by atoms with E-state index in [0.717, 1.165) is 0 Å². The SMILES string of the molecule is C[N-]C.[Cl-].[Cl-].[Zr+4].c1cc[cH-]c1. The second-order valence-corrected chi connectivity index (χ2v) is 1.41. The smallest absolute Gasteiger partial charge is 1.00 e. The van der Waals surface area contributed by atoms with E-state index in [2.05, 4.69) is 5.32 Å². The van der Waals surface area contributed by atoms with Crippen LogP contribution >= 0.6 is 0 Å². The Balaban J connectivity index is -0.0000000379. The van der Waals surface area contributed by atoms with Crippen molar-refractivity contribution in [1.29, 1.82) is 0 Å². The molecule has 0 aromatic heterocycles. The summed E-state index contributed by atoms with van der Waals surface area (Å²) in [5.74, 6) is 0. The summed E-state index contributed by atoms with van der Waals surface area (Å²) in [4.78, 5) is 0. The van der Waals surface area contributed by atoms with E-state index in [4.69, 9.17) is 0 Å². The number of hydrogen-bond acceptors (Lipinski definition) is 0. The van der Waals surface area contributed by atoms with E-state index in [1.807, 2.05) is 30.3 Å². The Kier molecular flexibility index (Phi) is 46.1. The minimum absolute atomic E-state index is 0. The molecule has 0 spiro atoms. The summed E-state index contributed by atoms with van der Waals surface area (Å²) in [7, 11) is 3.50. The molecule has 0 fully saturated rings. The van der Waals surface area contributed by atoms with E-state index in [-0.39, 0.29) is 51.0 Å². The minimum atomic E-state index is 0. The molecule has 0 aliphatic heterocycles. The Morgan fingerprint density at radius 1 is 1.00 bits per heavy atom. The van der Waals surface area contributed by atoms with Crippen molar-refractivity contribution in [2.45, 2.75) is 0 Å². The van der Waals surface area contributed by atoms with Crippen molar-refractivity contribution in [3.8, 4) is 0 Å². The summed E-state index contributed by atoms with van der Waals surface area (Å²) in [6, 6.07) is 10.0. The topological polar surface area (TPSA) is 14.1 Å². The van der Waals surface area contributed by atoms with Crippen molar-refractivity contribution in [2.24, 2.45) is 0 Å². The van der Waals surface area contributed by atoms with Gasteiger partial charge in [-0.05, 0) is 0 Å². The molecule has 0 N–H and O–H groups in total. The van der Waals surface area contributed by atoms with Crippen LogP contribution in [0.1, 0.15) is 0 Å². The van der Waals surface area contributed by atoms with Crippen LogP contribution in [0.5, 0.6) is 0 Å². The minimum Gasteiger partial charge on any atom is -1.00 e. The molecule has 1 aromatic carbocycles. The van der Waals surface area contributed by atoms with Crippen molar-refractivity contribution in [2.75, 3.05) is 14.1 Å². The Bertz CT molecular complexity index is 83.3. The van der Waals surface area contributed by atoms with Gasteiger partial charge < -0.3 is 30.1 Å². The molecule has 0 saturated heterocycles. The molecule has 11 heavy (non-hydrogen) atoms. The molecule has 0 bridgehead atoms. The predicted molar refractivity (Wildman–Crippen MR) is 37.2 cm³/mol. The zero-order chi connectivity index (χ0) is 6.24. The Morgan fingerprint density at radius 2 is 1.27 bits per heavy atom. The van der Waals surface area contributed by atoms with Gasteiger partial charge in [0, 0.05) is 0 Å². The van der Waals surface area contributed by atoms with Crippen molar-refractivity contribution in [3.63, 3.8) is 0 Å². The van der Waals surface area contributed by atoms with Gasteiger partial charge in [0.25, 0.3) is 0 Å². The number of halogens is 2.